The molecule has 1 rings (SSSR count). The Kier molecular flexibility index (Phi) is 5.63. The summed E-state index contributed by atoms with van der Waals surface area (Å²) in [5, 5.41) is 3.26. The van der Waals surface area contributed by atoms with Gasteiger partial charge in [-0.1, -0.05) is 23.2 Å². The summed E-state index contributed by atoms with van der Waals surface area (Å²) in [6, 6.07) is 4.41. The lowest BCUT2D eigenvalue weighted by Gasteiger charge is -2.15. The van der Waals surface area contributed by atoms with E-state index in [4.69, 9.17) is 27.9 Å². The van der Waals surface area contributed by atoms with Crippen LogP contribution >= 0.6 is 23.2 Å². The molecular formula is C13H15Cl2NO3. The summed E-state index contributed by atoms with van der Waals surface area (Å²) >= 11 is 11.6. The lowest BCUT2D eigenvalue weighted by molar-refractivity contribution is -0.129. The van der Waals surface area contributed by atoms with E-state index in [0.717, 1.165) is 0 Å². The highest BCUT2D eigenvalue weighted by Crippen LogP contribution is 2.22. The number of nitrogens with one attached hydrogen (secondary N) is 1. The van der Waals surface area contributed by atoms with Crippen molar-refractivity contribution in [3.8, 4) is 0 Å². The van der Waals surface area contributed by atoms with Crippen molar-refractivity contribution in [3.05, 3.63) is 33.8 Å². The zero-order valence-corrected chi connectivity index (χ0v) is 12.4. The molecule has 104 valence electrons. The van der Waals surface area contributed by atoms with Gasteiger partial charge in [0.15, 0.2) is 6.10 Å². The lowest BCUT2D eigenvalue weighted by Crippen LogP contribution is -2.39. The van der Waals surface area contributed by atoms with Gasteiger partial charge in [0.2, 0.25) is 0 Å². The Morgan fingerprint density at radius 3 is 2.37 bits per heavy atom. The van der Waals surface area contributed by atoms with Gasteiger partial charge in [-0.3, -0.25) is 4.79 Å². The molecule has 0 aliphatic heterocycles. The molecule has 1 amide bonds. The number of benzene rings is 1. The molecule has 0 heterocycles. The Morgan fingerprint density at radius 2 is 1.84 bits per heavy atom. The predicted molar refractivity (Wildman–Crippen MR) is 74.6 cm³/mol. The van der Waals surface area contributed by atoms with Gasteiger partial charge in [-0.05, 0) is 39.0 Å². The van der Waals surface area contributed by atoms with Gasteiger partial charge in [0, 0.05) is 11.1 Å². The summed E-state index contributed by atoms with van der Waals surface area (Å²) in [7, 11) is 0. The fraction of sp³-hybridized carbons (Fsp3) is 0.385. The second kappa shape index (κ2) is 6.78. The van der Waals surface area contributed by atoms with Gasteiger partial charge in [-0.15, -0.1) is 0 Å². The molecule has 0 saturated carbocycles. The number of ether oxygens (including phenoxy) is 1. The number of esters is 1. The normalized spacial score (nSPS) is 12.1. The summed E-state index contributed by atoms with van der Waals surface area (Å²) in [4.78, 5) is 23.5. The number of amides is 1. The van der Waals surface area contributed by atoms with Crippen LogP contribution in [-0.2, 0) is 9.53 Å². The first-order valence-corrected chi connectivity index (χ1v) is 6.53. The molecule has 1 aromatic carbocycles. The van der Waals surface area contributed by atoms with Crippen LogP contribution in [0.4, 0.5) is 0 Å². The number of hydrogen-bond donors (Lipinski definition) is 1. The molecule has 0 spiro atoms. The van der Waals surface area contributed by atoms with Crippen LogP contribution in [0.2, 0.25) is 10.0 Å². The van der Waals surface area contributed by atoms with Gasteiger partial charge in [-0.2, -0.15) is 0 Å². The van der Waals surface area contributed by atoms with Crippen LogP contribution in [0, 0.1) is 0 Å². The van der Waals surface area contributed by atoms with E-state index in [9.17, 15) is 9.59 Å². The molecule has 0 radical (unpaired) electrons. The minimum Gasteiger partial charge on any atom is -0.449 e. The summed E-state index contributed by atoms with van der Waals surface area (Å²) in [6.45, 7) is 5.14. The van der Waals surface area contributed by atoms with Crippen molar-refractivity contribution in [2.24, 2.45) is 0 Å². The molecular weight excluding hydrogens is 289 g/mol. The molecule has 6 heteroatoms. The van der Waals surface area contributed by atoms with Gasteiger partial charge in [-0.25, -0.2) is 4.79 Å². The van der Waals surface area contributed by atoms with E-state index in [1.807, 2.05) is 13.8 Å². The molecule has 0 bridgehead atoms. The Morgan fingerprint density at radius 1 is 1.21 bits per heavy atom. The molecule has 0 unspecified atom stereocenters. The molecule has 0 aliphatic rings. The van der Waals surface area contributed by atoms with Gasteiger partial charge in [0.05, 0.1) is 10.6 Å². The first kappa shape index (κ1) is 15.8. The Bertz CT molecular complexity index is 489. The average molecular weight is 304 g/mol. The van der Waals surface area contributed by atoms with E-state index in [0.29, 0.717) is 5.02 Å². The van der Waals surface area contributed by atoms with Crippen molar-refractivity contribution in [1.82, 2.24) is 5.32 Å². The van der Waals surface area contributed by atoms with Crippen molar-refractivity contribution in [2.45, 2.75) is 32.9 Å². The highest BCUT2D eigenvalue weighted by molar-refractivity contribution is 6.36. The SMILES string of the molecule is CC(C)NC(=O)[C@H](C)OC(=O)c1ccc(Cl)cc1Cl. The minimum atomic E-state index is -0.887. The standard InChI is InChI=1S/C13H15Cl2NO3/c1-7(2)16-12(17)8(3)19-13(18)10-5-4-9(14)6-11(10)15/h4-8H,1-3H3,(H,16,17)/t8-/m0/s1. The molecule has 0 saturated heterocycles. The van der Waals surface area contributed by atoms with Gasteiger partial charge >= 0.3 is 5.97 Å². The van der Waals surface area contributed by atoms with Gasteiger partial charge < -0.3 is 10.1 Å². The van der Waals surface area contributed by atoms with Crippen LogP contribution < -0.4 is 5.32 Å². The van der Waals surface area contributed by atoms with E-state index < -0.39 is 12.1 Å². The van der Waals surface area contributed by atoms with Crippen LogP contribution in [0.1, 0.15) is 31.1 Å². The molecule has 4 nitrogen and oxygen atoms in total. The number of carbonyl (C=O) groups is 2. The van der Waals surface area contributed by atoms with Crippen molar-refractivity contribution in [2.75, 3.05) is 0 Å². The molecule has 19 heavy (non-hydrogen) atoms. The molecule has 0 aliphatic carbocycles. The van der Waals surface area contributed by atoms with Crippen molar-refractivity contribution in [1.29, 1.82) is 0 Å². The second-order valence-electron chi connectivity index (χ2n) is 4.33. The third kappa shape index (κ3) is 4.73. The number of halogens is 2. The van der Waals surface area contributed by atoms with Gasteiger partial charge in [0.1, 0.15) is 0 Å². The van der Waals surface area contributed by atoms with Crippen molar-refractivity contribution >= 4 is 35.1 Å². The number of carbonyl (C=O) groups excluding carboxylic acids is 2. The Hall–Kier alpha value is -1.26. The highest BCUT2D eigenvalue weighted by Gasteiger charge is 2.20. The number of rotatable bonds is 4. The van der Waals surface area contributed by atoms with E-state index in [1.54, 1.807) is 0 Å². The lowest BCUT2D eigenvalue weighted by atomic mass is 10.2. The van der Waals surface area contributed by atoms with Crippen LogP contribution in [0.25, 0.3) is 0 Å². The fourth-order valence-corrected chi connectivity index (χ4v) is 1.82. The first-order chi connectivity index (χ1) is 8.81. The molecule has 1 aromatic rings. The molecule has 1 N–H and O–H groups in total. The zero-order chi connectivity index (χ0) is 14.6. The van der Waals surface area contributed by atoms with Crippen LogP contribution in [0.15, 0.2) is 18.2 Å². The van der Waals surface area contributed by atoms with Crippen LogP contribution in [0.3, 0.4) is 0 Å². The summed E-state index contributed by atoms with van der Waals surface area (Å²) in [5.74, 6) is -1.01. The van der Waals surface area contributed by atoms with Crippen molar-refractivity contribution in [3.63, 3.8) is 0 Å². The number of hydrogen-bond acceptors (Lipinski definition) is 3. The third-order valence-corrected chi connectivity index (χ3v) is 2.78. The van der Waals surface area contributed by atoms with E-state index >= 15 is 0 Å². The first-order valence-electron chi connectivity index (χ1n) is 5.77. The summed E-state index contributed by atoms with van der Waals surface area (Å²) in [5.41, 5.74) is 0.176. The van der Waals surface area contributed by atoms with E-state index in [1.165, 1.54) is 25.1 Å². The molecule has 0 fully saturated rings. The monoisotopic (exact) mass is 303 g/mol. The molecule has 1 atom stereocenters. The maximum atomic E-state index is 11.8. The zero-order valence-electron chi connectivity index (χ0n) is 10.9. The quantitative estimate of drug-likeness (QED) is 0.870. The Balaban J connectivity index is 2.71. The van der Waals surface area contributed by atoms with Crippen LogP contribution in [0.5, 0.6) is 0 Å². The van der Waals surface area contributed by atoms with E-state index in [2.05, 4.69) is 5.32 Å². The smallest absolute Gasteiger partial charge is 0.340 e. The molecule has 0 aromatic heterocycles. The second-order valence-corrected chi connectivity index (χ2v) is 5.18. The summed E-state index contributed by atoms with van der Waals surface area (Å²) < 4.78 is 5.04. The maximum absolute atomic E-state index is 11.8. The minimum absolute atomic E-state index is 0.0206. The fourth-order valence-electron chi connectivity index (χ4n) is 1.33. The highest BCUT2D eigenvalue weighted by atomic mass is 35.5. The van der Waals surface area contributed by atoms with E-state index in [-0.39, 0.29) is 22.5 Å². The van der Waals surface area contributed by atoms with Crippen molar-refractivity contribution < 1.29 is 14.3 Å². The predicted octanol–water partition coefficient (Wildman–Crippen LogP) is 3.06. The average Bonchev–Trinajstić information content (AvgIpc) is 2.27. The largest absolute Gasteiger partial charge is 0.449 e. The Labute approximate surface area is 122 Å². The summed E-state index contributed by atoms with van der Waals surface area (Å²) in [6.07, 6.45) is -0.887. The van der Waals surface area contributed by atoms with Gasteiger partial charge in [0.25, 0.3) is 5.91 Å². The third-order valence-electron chi connectivity index (χ3n) is 2.24. The maximum Gasteiger partial charge on any atom is 0.340 e. The van der Waals surface area contributed by atoms with Crippen LogP contribution in [-0.4, -0.2) is 24.0 Å². The topological polar surface area (TPSA) is 55.4 Å².